The number of nitrogen functional groups attached to an aromatic ring is 2. The van der Waals surface area contributed by atoms with Crippen molar-refractivity contribution in [1.82, 2.24) is 29.1 Å². The maximum Gasteiger partial charge on any atom is 0.472 e. The van der Waals surface area contributed by atoms with Crippen molar-refractivity contribution >= 4 is 44.4 Å². The lowest BCUT2D eigenvalue weighted by atomic mass is 10.1. The number of benzene rings is 1. The van der Waals surface area contributed by atoms with Crippen LogP contribution in [0.15, 0.2) is 60.0 Å². The molecule has 3 aromatic heterocycles. The Bertz CT molecular complexity index is 2120. The van der Waals surface area contributed by atoms with Crippen LogP contribution in [0.1, 0.15) is 30.9 Å². The number of phosphoric acid groups is 2. The highest BCUT2D eigenvalue weighted by atomic mass is 31.2. The Morgan fingerprint density at radius 1 is 1.04 bits per heavy atom. The van der Waals surface area contributed by atoms with Gasteiger partial charge in [0.1, 0.15) is 48.3 Å². The van der Waals surface area contributed by atoms with Gasteiger partial charge in [-0.1, -0.05) is 30.3 Å². The van der Waals surface area contributed by atoms with Crippen molar-refractivity contribution in [2.75, 3.05) is 31.8 Å². The predicted octanol–water partition coefficient (Wildman–Crippen LogP) is -0.0355. The van der Waals surface area contributed by atoms with E-state index in [1.165, 1.54) is 36.6 Å². The van der Waals surface area contributed by atoms with E-state index >= 15 is 0 Å². The summed E-state index contributed by atoms with van der Waals surface area (Å²) in [5, 5.41) is 11.5. The summed E-state index contributed by atoms with van der Waals surface area (Å²) in [6.07, 6.45) is -6.87. The van der Waals surface area contributed by atoms with E-state index in [4.69, 9.17) is 39.5 Å². The molecule has 23 nitrogen and oxygen atoms in total. The maximum absolute atomic E-state index is 13.4. The number of nitrogens with two attached hydrogens (primary N) is 2. The first kappa shape index (κ1) is 40.4. The van der Waals surface area contributed by atoms with Crippen molar-refractivity contribution in [3.05, 3.63) is 71.3 Å². The van der Waals surface area contributed by atoms with Crippen LogP contribution in [-0.2, 0) is 52.9 Å². The third-order valence-electron chi connectivity index (χ3n) is 8.71. The van der Waals surface area contributed by atoms with Gasteiger partial charge in [-0.2, -0.15) is 4.98 Å². The molecule has 0 amide bonds. The number of aliphatic hydroxyl groups is 1. The monoisotopic (exact) mass is 812 g/mol. The minimum Gasteiger partial charge on any atom is -0.455 e. The summed E-state index contributed by atoms with van der Waals surface area (Å²) < 4.78 is 65.1. The zero-order valence-corrected chi connectivity index (χ0v) is 30.7. The number of carbonyl (C=O) groups is 1. The molecule has 25 heteroatoms. The lowest BCUT2D eigenvalue weighted by molar-refractivity contribution is -0.167. The molecule has 0 saturated carbocycles. The molecule has 2 aliphatic heterocycles. The number of aromatic nitrogens is 6. The average molecular weight is 813 g/mol. The smallest absolute Gasteiger partial charge is 0.455 e. The van der Waals surface area contributed by atoms with Crippen molar-refractivity contribution < 1.29 is 66.2 Å². The lowest BCUT2D eigenvalue weighted by Crippen LogP contribution is -2.40. The molecule has 55 heavy (non-hydrogen) atoms. The van der Waals surface area contributed by atoms with Gasteiger partial charge in [0.05, 0.1) is 19.5 Å². The van der Waals surface area contributed by atoms with Crippen LogP contribution in [0.3, 0.4) is 0 Å². The number of nitrogens with zero attached hydrogens (tertiary/aromatic N) is 6. The van der Waals surface area contributed by atoms with Crippen LogP contribution < -0.4 is 17.2 Å². The minimum absolute atomic E-state index is 0.0680. The average Bonchev–Trinajstić information content (AvgIpc) is 3.82. The third kappa shape index (κ3) is 9.78. The number of ether oxygens (including phenoxy) is 4. The first-order valence-corrected chi connectivity index (χ1v) is 19.5. The Balaban J connectivity index is 1.16. The van der Waals surface area contributed by atoms with Crippen LogP contribution in [0.5, 0.6) is 0 Å². The van der Waals surface area contributed by atoms with Gasteiger partial charge in [-0.05, 0) is 11.6 Å². The number of fused-ring (bicyclic) bond motifs is 1. The van der Waals surface area contributed by atoms with E-state index in [1.807, 2.05) is 6.07 Å². The van der Waals surface area contributed by atoms with Gasteiger partial charge in [0.2, 0.25) is 0 Å². The highest BCUT2D eigenvalue weighted by Gasteiger charge is 2.49. The zero-order chi connectivity index (χ0) is 39.5. The summed E-state index contributed by atoms with van der Waals surface area (Å²) in [7, 11) is -8.69. The maximum atomic E-state index is 13.4. The predicted molar refractivity (Wildman–Crippen MR) is 185 cm³/mol. The molecular weight excluding hydrogens is 774 g/mol. The summed E-state index contributed by atoms with van der Waals surface area (Å²) in [6, 6.07) is 10.3. The topological polar surface area (TPSA) is 327 Å². The number of imidazole rings is 1. The lowest BCUT2D eigenvalue weighted by Gasteiger charge is -2.24. The molecule has 5 heterocycles. The van der Waals surface area contributed by atoms with Gasteiger partial charge < -0.3 is 50.2 Å². The summed E-state index contributed by atoms with van der Waals surface area (Å²) >= 11 is 0. The Morgan fingerprint density at radius 3 is 2.51 bits per heavy atom. The molecule has 1 unspecified atom stereocenters. The number of hydrogen-bond acceptors (Lipinski definition) is 18. The van der Waals surface area contributed by atoms with Crippen LogP contribution in [0, 0.1) is 0 Å². The molecule has 0 bridgehead atoms. The van der Waals surface area contributed by atoms with E-state index in [-0.39, 0.29) is 42.1 Å². The number of aliphatic hydroxyl groups excluding tert-OH is 1. The quantitative estimate of drug-likeness (QED) is 0.0639. The third-order valence-corrected chi connectivity index (χ3v) is 10.2. The number of hydrogen-bond donors (Lipinski definition) is 6. The molecule has 2 aliphatic rings. The second-order valence-electron chi connectivity index (χ2n) is 12.4. The fourth-order valence-corrected chi connectivity index (χ4v) is 7.42. The highest BCUT2D eigenvalue weighted by Crippen LogP contribution is 2.49. The SMILES string of the molecule is CO[C@@H](Cc1ccccc1)C(=O)O[C@H]1[C@@H](O)[C@H](n2cnc3c(N)ncnc32)O[C@@H]1CCOP(=O)(O)O[C@H]1C[C@H](n2ccc(N)nc2=O)O[C@@H]1COP(=O)(O)O. The van der Waals surface area contributed by atoms with E-state index in [0.29, 0.717) is 0 Å². The number of methoxy groups -OCH3 is 1. The van der Waals surface area contributed by atoms with Gasteiger partial charge >= 0.3 is 27.3 Å². The number of rotatable bonds is 16. The Kier molecular flexibility index (Phi) is 12.4. The molecular formula is C30H38N8O15P2. The Labute approximate surface area is 310 Å². The number of phosphoric ester groups is 2. The summed E-state index contributed by atoms with van der Waals surface area (Å²) in [5.41, 5.74) is 11.9. The van der Waals surface area contributed by atoms with Crippen LogP contribution in [0.4, 0.5) is 11.6 Å². The van der Waals surface area contributed by atoms with Gasteiger partial charge in [-0.25, -0.2) is 33.7 Å². The van der Waals surface area contributed by atoms with Crippen molar-refractivity contribution in [3.8, 4) is 0 Å². The largest absolute Gasteiger partial charge is 0.472 e. The Morgan fingerprint density at radius 2 is 1.80 bits per heavy atom. The molecule has 0 radical (unpaired) electrons. The fraction of sp³-hybridized carbons (Fsp3) is 0.467. The molecule has 4 aromatic rings. The highest BCUT2D eigenvalue weighted by molar-refractivity contribution is 7.47. The zero-order valence-electron chi connectivity index (χ0n) is 28.9. The minimum atomic E-state index is -5.01. The van der Waals surface area contributed by atoms with Gasteiger partial charge in [0.15, 0.2) is 29.9 Å². The van der Waals surface area contributed by atoms with Crippen LogP contribution in [0.2, 0.25) is 0 Å². The second-order valence-corrected chi connectivity index (χ2v) is 15.0. The molecule has 1 aromatic carbocycles. The van der Waals surface area contributed by atoms with E-state index in [0.717, 1.165) is 10.1 Å². The molecule has 9 atom stereocenters. The van der Waals surface area contributed by atoms with Crippen LogP contribution >= 0.6 is 15.6 Å². The molecule has 2 saturated heterocycles. The summed E-state index contributed by atoms with van der Waals surface area (Å²) in [5.74, 6) is -0.830. The summed E-state index contributed by atoms with van der Waals surface area (Å²) in [6.45, 7) is -1.36. The first-order valence-electron chi connectivity index (χ1n) is 16.5. The standard InChI is InChI=1S/C30H38N8O15P2/c1-47-19(11-16-5-3-2-4-6-16)29(40)52-25-17(51-28(24(25)39)38-15-35-23-26(32)33-14-34-27(23)38)8-10-48-55(45,46)53-18-12-22(37-9-7-21(31)36-30(37)41)50-20(18)13-49-54(42,43)44/h2-7,9,14-15,17-20,22,24-25,28,39H,8,10-13H2,1H3,(H,45,46)(H2,31,36,41)(H2,32,33,34)(H2,42,43,44)/t17-,18+,19+,20-,22-,24-,25-,28-/m1/s1. The molecule has 8 N–H and O–H groups in total. The summed E-state index contributed by atoms with van der Waals surface area (Å²) in [4.78, 5) is 70.9. The molecule has 0 spiro atoms. The van der Waals surface area contributed by atoms with E-state index in [9.17, 15) is 38.5 Å². The van der Waals surface area contributed by atoms with Crippen molar-refractivity contribution in [3.63, 3.8) is 0 Å². The number of carbonyl (C=O) groups excluding carboxylic acids is 1. The molecule has 0 aliphatic carbocycles. The number of esters is 1. The number of anilines is 2. The van der Waals surface area contributed by atoms with Crippen LogP contribution in [-0.4, -0.2) is 112 Å². The molecule has 6 rings (SSSR count). The van der Waals surface area contributed by atoms with Crippen molar-refractivity contribution in [2.24, 2.45) is 0 Å². The van der Waals surface area contributed by atoms with E-state index < -0.39 is 89.6 Å². The van der Waals surface area contributed by atoms with Gasteiger partial charge in [-0.3, -0.25) is 22.7 Å². The van der Waals surface area contributed by atoms with Gasteiger partial charge in [0.25, 0.3) is 0 Å². The normalized spacial score (nSPS) is 25.9. The van der Waals surface area contributed by atoms with Crippen LogP contribution in [0.25, 0.3) is 11.2 Å². The first-order chi connectivity index (χ1) is 26.1. The second kappa shape index (κ2) is 16.9. The van der Waals surface area contributed by atoms with Crippen molar-refractivity contribution in [1.29, 1.82) is 0 Å². The van der Waals surface area contributed by atoms with Gasteiger partial charge in [-0.15, -0.1) is 0 Å². The van der Waals surface area contributed by atoms with Gasteiger partial charge in [0, 0.05) is 32.6 Å². The fourth-order valence-electron chi connectivity index (χ4n) is 6.12. The van der Waals surface area contributed by atoms with E-state index in [1.54, 1.807) is 24.3 Å². The van der Waals surface area contributed by atoms with E-state index in [2.05, 4.69) is 24.5 Å². The Hall–Kier alpha value is -4.22. The molecule has 298 valence electrons. The van der Waals surface area contributed by atoms with Crippen molar-refractivity contribution in [2.45, 2.75) is 68.3 Å². The molecule has 2 fully saturated rings.